The van der Waals surface area contributed by atoms with E-state index in [1.165, 1.54) is 6.07 Å². The number of aromatic nitrogens is 2. The first-order chi connectivity index (χ1) is 10.5. The van der Waals surface area contributed by atoms with E-state index >= 15 is 0 Å². The fourth-order valence-electron chi connectivity index (χ4n) is 1.97. The molecule has 0 bridgehead atoms. The minimum absolute atomic E-state index is 0.183. The molecule has 118 valence electrons. The van der Waals surface area contributed by atoms with E-state index in [2.05, 4.69) is 15.3 Å². The van der Waals surface area contributed by atoms with Gasteiger partial charge in [0.25, 0.3) is 6.43 Å². The van der Waals surface area contributed by atoms with Crippen molar-refractivity contribution in [3.8, 4) is 11.3 Å². The maximum atomic E-state index is 13.0. The van der Waals surface area contributed by atoms with Crippen LogP contribution in [0.15, 0.2) is 24.3 Å². The lowest BCUT2D eigenvalue weighted by atomic mass is 10.0. The van der Waals surface area contributed by atoms with Gasteiger partial charge < -0.3 is 10.1 Å². The Balaban J connectivity index is 2.38. The molecule has 0 unspecified atom stereocenters. The van der Waals surface area contributed by atoms with Crippen LogP contribution in [0, 0.1) is 13.8 Å². The summed E-state index contributed by atoms with van der Waals surface area (Å²) in [6, 6.07) is 7.09. The lowest BCUT2D eigenvalue weighted by Gasteiger charge is -2.10. The smallest absolute Gasteiger partial charge is 0.280 e. The van der Waals surface area contributed by atoms with Gasteiger partial charge in [-0.2, -0.15) is 0 Å². The van der Waals surface area contributed by atoms with E-state index in [1.54, 1.807) is 7.11 Å². The highest BCUT2D eigenvalue weighted by Crippen LogP contribution is 2.26. The van der Waals surface area contributed by atoms with Gasteiger partial charge in [0.15, 0.2) is 0 Å². The molecule has 0 fully saturated rings. The minimum atomic E-state index is -2.64. The highest BCUT2D eigenvalue weighted by molar-refractivity contribution is 5.62. The number of aryl methyl sites for hydroxylation is 2. The van der Waals surface area contributed by atoms with Crippen molar-refractivity contribution in [1.29, 1.82) is 0 Å². The molecule has 0 aliphatic rings. The number of anilines is 1. The van der Waals surface area contributed by atoms with Crippen LogP contribution in [0.1, 0.15) is 23.2 Å². The zero-order valence-electron chi connectivity index (χ0n) is 12.9. The van der Waals surface area contributed by atoms with E-state index in [4.69, 9.17) is 4.74 Å². The van der Waals surface area contributed by atoms with Crippen LogP contribution >= 0.6 is 0 Å². The Morgan fingerprint density at radius 2 is 1.91 bits per heavy atom. The molecule has 1 aromatic heterocycles. The molecule has 0 aliphatic carbocycles. The monoisotopic (exact) mass is 307 g/mol. The first-order valence-electron chi connectivity index (χ1n) is 6.99. The van der Waals surface area contributed by atoms with Gasteiger partial charge in [-0.15, -0.1) is 0 Å². The predicted molar refractivity (Wildman–Crippen MR) is 82.3 cm³/mol. The molecule has 1 heterocycles. The number of nitrogens with zero attached hydrogens (tertiary/aromatic N) is 2. The number of ether oxygens (including phenoxy) is 1. The molecule has 2 aromatic rings. The Hall–Kier alpha value is -2.08. The molecular weight excluding hydrogens is 288 g/mol. The van der Waals surface area contributed by atoms with Crippen molar-refractivity contribution >= 4 is 5.95 Å². The van der Waals surface area contributed by atoms with Gasteiger partial charge >= 0.3 is 0 Å². The average molecular weight is 307 g/mol. The van der Waals surface area contributed by atoms with E-state index < -0.39 is 6.43 Å². The van der Waals surface area contributed by atoms with Crippen LogP contribution in [0.2, 0.25) is 0 Å². The van der Waals surface area contributed by atoms with Crippen LogP contribution in [0.4, 0.5) is 14.7 Å². The van der Waals surface area contributed by atoms with Gasteiger partial charge in [-0.05, 0) is 37.1 Å². The normalized spacial score (nSPS) is 11.0. The highest BCUT2D eigenvalue weighted by Gasteiger charge is 2.14. The number of rotatable bonds is 6. The van der Waals surface area contributed by atoms with Crippen LogP contribution < -0.4 is 5.32 Å². The highest BCUT2D eigenvalue weighted by atomic mass is 19.3. The van der Waals surface area contributed by atoms with Gasteiger partial charge in [-0.1, -0.05) is 12.1 Å². The molecular formula is C16H19F2N3O. The van der Waals surface area contributed by atoms with Gasteiger partial charge in [0, 0.05) is 19.2 Å². The van der Waals surface area contributed by atoms with Crippen molar-refractivity contribution in [1.82, 2.24) is 9.97 Å². The summed E-state index contributed by atoms with van der Waals surface area (Å²) in [6.45, 7) is 4.88. The third-order valence-electron chi connectivity index (χ3n) is 3.36. The number of nitrogens with one attached hydrogen (secondary N) is 1. The standard InChI is InChI=1S/C16H19F2N3O/c1-10-4-5-12(8-11(10)2)13-9-14(15(17)18)21-16(20-13)19-6-7-22-3/h4-5,8-9,15H,6-7H2,1-3H3,(H,19,20,21). The number of methoxy groups -OCH3 is 1. The molecule has 6 heteroatoms. The summed E-state index contributed by atoms with van der Waals surface area (Å²) in [4.78, 5) is 8.16. The zero-order chi connectivity index (χ0) is 16.1. The molecule has 1 N–H and O–H groups in total. The second-order valence-corrected chi connectivity index (χ2v) is 5.02. The Morgan fingerprint density at radius 3 is 2.55 bits per heavy atom. The predicted octanol–water partition coefficient (Wildman–Crippen LogP) is 3.76. The second-order valence-electron chi connectivity index (χ2n) is 5.02. The average Bonchev–Trinajstić information content (AvgIpc) is 2.50. The summed E-state index contributed by atoms with van der Waals surface area (Å²) in [6.07, 6.45) is -2.64. The Kier molecular flexibility index (Phi) is 5.38. The maximum Gasteiger partial charge on any atom is 0.280 e. The fourth-order valence-corrected chi connectivity index (χ4v) is 1.97. The second kappa shape index (κ2) is 7.26. The number of halogens is 2. The van der Waals surface area contributed by atoms with Crippen molar-refractivity contribution in [2.75, 3.05) is 25.6 Å². The van der Waals surface area contributed by atoms with Crippen molar-refractivity contribution in [2.24, 2.45) is 0 Å². The van der Waals surface area contributed by atoms with Crippen LogP contribution in [0.5, 0.6) is 0 Å². The topological polar surface area (TPSA) is 47.0 Å². The molecule has 0 amide bonds. The molecule has 0 spiro atoms. The molecule has 0 saturated carbocycles. The summed E-state index contributed by atoms with van der Waals surface area (Å²) < 4.78 is 31.0. The molecule has 0 radical (unpaired) electrons. The first kappa shape index (κ1) is 16.3. The molecule has 0 atom stereocenters. The van der Waals surface area contributed by atoms with E-state index in [9.17, 15) is 8.78 Å². The Labute approximate surface area is 128 Å². The summed E-state index contributed by atoms with van der Waals surface area (Å²) in [5.74, 6) is 0.183. The number of hydrogen-bond acceptors (Lipinski definition) is 4. The van der Waals surface area contributed by atoms with Crippen LogP contribution in [0.25, 0.3) is 11.3 Å². The first-order valence-corrected chi connectivity index (χ1v) is 6.99. The fraction of sp³-hybridized carbons (Fsp3) is 0.375. The van der Waals surface area contributed by atoms with Gasteiger partial charge in [0.1, 0.15) is 5.69 Å². The molecule has 22 heavy (non-hydrogen) atoms. The summed E-state index contributed by atoms with van der Waals surface area (Å²) >= 11 is 0. The van der Waals surface area contributed by atoms with Crippen LogP contribution in [0.3, 0.4) is 0 Å². The largest absolute Gasteiger partial charge is 0.383 e. The number of hydrogen-bond donors (Lipinski definition) is 1. The molecule has 1 aromatic carbocycles. The molecule has 2 rings (SSSR count). The summed E-state index contributed by atoms with van der Waals surface area (Å²) in [5, 5.41) is 2.90. The summed E-state index contributed by atoms with van der Waals surface area (Å²) in [7, 11) is 1.57. The van der Waals surface area contributed by atoms with Gasteiger partial charge in [-0.3, -0.25) is 0 Å². The van der Waals surface area contributed by atoms with Gasteiger partial charge in [0.05, 0.1) is 12.3 Å². The third kappa shape index (κ3) is 3.98. The molecule has 0 saturated heterocycles. The maximum absolute atomic E-state index is 13.0. The third-order valence-corrected chi connectivity index (χ3v) is 3.36. The van der Waals surface area contributed by atoms with Crippen LogP contribution in [-0.4, -0.2) is 30.2 Å². The zero-order valence-corrected chi connectivity index (χ0v) is 12.9. The van der Waals surface area contributed by atoms with E-state index in [0.717, 1.165) is 16.7 Å². The van der Waals surface area contributed by atoms with E-state index in [-0.39, 0.29) is 11.6 Å². The Morgan fingerprint density at radius 1 is 1.14 bits per heavy atom. The lowest BCUT2D eigenvalue weighted by Crippen LogP contribution is -2.11. The minimum Gasteiger partial charge on any atom is -0.383 e. The van der Waals surface area contributed by atoms with E-state index in [0.29, 0.717) is 18.8 Å². The SMILES string of the molecule is COCCNc1nc(-c2ccc(C)c(C)c2)cc(C(F)F)n1. The quantitative estimate of drug-likeness (QED) is 0.826. The van der Waals surface area contributed by atoms with Crippen LogP contribution in [-0.2, 0) is 4.74 Å². The Bertz CT molecular complexity index is 647. The van der Waals surface area contributed by atoms with Gasteiger partial charge in [0.2, 0.25) is 5.95 Å². The van der Waals surface area contributed by atoms with Crippen molar-refractivity contribution < 1.29 is 13.5 Å². The van der Waals surface area contributed by atoms with Crippen molar-refractivity contribution in [2.45, 2.75) is 20.3 Å². The molecule has 0 aliphatic heterocycles. The number of alkyl halides is 2. The lowest BCUT2D eigenvalue weighted by molar-refractivity contribution is 0.146. The van der Waals surface area contributed by atoms with E-state index in [1.807, 2.05) is 32.0 Å². The van der Waals surface area contributed by atoms with Crippen molar-refractivity contribution in [3.05, 3.63) is 41.1 Å². The van der Waals surface area contributed by atoms with Crippen molar-refractivity contribution in [3.63, 3.8) is 0 Å². The number of benzene rings is 1. The molecule has 4 nitrogen and oxygen atoms in total. The summed E-state index contributed by atoms with van der Waals surface area (Å²) in [5.41, 5.74) is 3.22. The van der Waals surface area contributed by atoms with Gasteiger partial charge in [-0.25, -0.2) is 18.7 Å².